The van der Waals surface area contributed by atoms with E-state index in [2.05, 4.69) is 24.0 Å². The molecule has 0 aliphatic rings. The summed E-state index contributed by atoms with van der Waals surface area (Å²) < 4.78 is 5.41. The van der Waals surface area contributed by atoms with Gasteiger partial charge in [0.05, 0.1) is 12.0 Å². The van der Waals surface area contributed by atoms with Crippen LogP contribution in [0.1, 0.15) is 31.4 Å². The van der Waals surface area contributed by atoms with Gasteiger partial charge < -0.3 is 4.74 Å². The fraction of sp³-hybridized carbons (Fsp3) is 0.400. The van der Waals surface area contributed by atoms with Gasteiger partial charge in [0.2, 0.25) is 0 Å². The first kappa shape index (κ1) is 15.0. The van der Waals surface area contributed by atoms with Gasteiger partial charge in [0.15, 0.2) is 0 Å². The lowest BCUT2D eigenvalue weighted by Crippen LogP contribution is -1.99. The Labute approximate surface area is 123 Å². The predicted molar refractivity (Wildman–Crippen MR) is 80.6 cm³/mol. The van der Waals surface area contributed by atoms with E-state index in [0.29, 0.717) is 17.0 Å². The van der Waals surface area contributed by atoms with Gasteiger partial charge in [0, 0.05) is 5.56 Å². The van der Waals surface area contributed by atoms with E-state index in [4.69, 9.17) is 4.74 Å². The Morgan fingerprint density at radius 2 is 2.10 bits per heavy atom. The molecule has 6 heteroatoms. The lowest BCUT2D eigenvalue weighted by Gasteiger charge is -2.13. The Bertz CT molecular complexity index is 650. The summed E-state index contributed by atoms with van der Waals surface area (Å²) >= 11 is 0. The molecule has 1 heterocycles. The number of H-pyrrole nitrogens is 1. The number of aromatic amines is 1. The molecule has 0 aliphatic heterocycles. The molecule has 0 spiro atoms. The highest BCUT2D eigenvalue weighted by Gasteiger charge is 2.22. The minimum atomic E-state index is -0.439. The summed E-state index contributed by atoms with van der Waals surface area (Å²) in [6.07, 6.45) is 4.07. The number of aromatic nitrogens is 2. The second-order valence-electron chi connectivity index (χ2n) is 4.81. The molecule has 0 aliphatic carbocycles. The van der Waals surface area contributed by atoms with E-state index >= 15 is 0 Å². The minimum absolute atomic E-state index is 0.0417. The quantitative estimate of drug-likeness (QED) is 0.651. The van der Waals surface area contributed by atoms with Gasteiger partial charge in [-0.1, -0.05) is 20.3 Å². The zero-order valence-electron chi connectivity index (χ0n) is 12.5. The maximum atomic E-state index is 11.1. The van der Waals surface area contributed by atoms with Crippen molar-refractivity contribution >= 4 is 5.69 Å². The van der Waals surface area contributed by atoms with Crippen LogP contribution in [0.5, 0.6) is 5.75 Å². The third-order valence-electron chi connectivity index (χ3n) is 3.51. The van der Waals surface area contributed by atoms with Crippen LogP contribution in [-0.2, 0) is 12.8 Å². The molecule has 112 valence electrons. The van der Waals surface area contributed by atoms with Crippen molar-refractivity contribution in [2.45, 2.75) is 33.1 Å². The molecule has 0 bridgehead atoms. The van der Waals surface area contributed by atoms with Crippen LogP contribution in [0.4, 0.5) is 5.69 Å². The van der Waals surface area contributed by atoms with Crippen molar-refractivity contribution in [3.05, 3.63) is 39.6 Å². The number of ether oxygens (including phenoxy) is 1. The molecule has 1 aromatic carbocycles. The van der Waals surface area contributed by atoms with Gasteiger partial charge in [0.25, 0.3) is 0 Å². The molecule has 0 saturated carbocycles. The molecule has 21 heavy (non-hydrogen) atoms. The average molecular weight is 289 g/mol. The van der Waals surface area contributed by atoms with Crippen LogP contribution in [0.15, 0.2) is 18.3 Å². The molecule has 1 aromatic heterocycles. The van der Waals surface area contributed by atoms with E-state index in [1.807, 2.05) is 12.1 Å². The lowest BCUT2D eigenvalue weighted by molar-refractivity contribution is -0.384. The Balaban J connectivity index is 2.63. The van der Waals surface area contributed by atoms with E-state index in [9.17, 15) is 10.1 Å². The number of hydrogen-bond donors (Lipinski definition) is 1. The first-order valence-electron chi connectivity index (χ1n) is 7.00. The van der Waals surface area contributed by atoms with E-state index in [1.54, 1.807) is 7.11 Å². The number of methoxy groups -OCH3 is 1. The van der Waals surface area contributed by atoms with Crippen molar-refractivity contribution in [2.75, 3.05) is 7.11 Å². The number of benzene rings is 1. The summed E-state index contributed by atoms with van der Waals surface area (Å²) in [4.78, 5) is 10.7. The van der Waals surface area contributed by atoms with Gasteiger partial charge >= 0.3 is 5.69 Å². The van der Waals surface area contributed by atoms with E-state index in [1.165, 1.54) is 17.3 Å². The summed E-state index contributed by atoms with van der Waals surface area (Å²) in [6.45, 7) is 4.20. The summed E-state index contributed by atoms with van der Waals surface area (Å²) in [7, 11) is 1.57. The van der Waals surface area contributed by atoms with Gasteiger partial charge in [-0.25, -0.2) is 0 Å². The van der Waals surface area contributed by atoms with Crippen LogP contribution >= 0.6 is 0 Å². The fourth-order valence-corrected chi connectivity index (χ4v) is 2.48. The largest absolute Gasteiger partial charge is 0.496 e. The maximum absolute atomic E-state index is 11.1. The second kappa shape index (κ2) is 6.39. The molecule has 0 amide bonds. The zero-order chi connectivity index (χ0) is 15.4. The Kier molecular flexibility index (Phi) is 4.57. The van der Waals surface area contributed by atoms with Crippen molar-refractivity contribution in [1.29, 1.82) is 0 Å². The molecule has 6 nitrogen and oxygen atoms in total. The van der Waals surface area contributed by atoms with Gasteiger partial charge in [-0.05, 0) is 36.1 Å². The Hall–Kier alpha value is -2.37. The van der Waals surface area contributed by atoms with Crippen molar-refractivity contribution < 1.29 is 9.66 Å². The number of nitro groups is 1. The number of hydrogen-bond acceptors (Lipinski definition) is 4. The highest BCUT2D eigenvalue weighted by atomic mass is 16.6. The zero-order valence-corrected chi connectivity index (χ0v) is 12.5. The highest BCUT2D eigenvalue weighted by molar-refractivity contribution is 5.75. The molecule has 0 radical (unpaired) electrons. The van der Waals surface area contributed by atoms with Crippen LogP contribution in [0.3, 0.4) is 0 Å². The summed E-state index contributed by atoms with van der Waals surface area (Å²) in [6, 6.07) is 3.94. The molecule has 2 rings (SSSR count). The molecule has 0 fully saturated rings. The van der Waals surface area contributed by atoms with Crippen molar-refractivity contribution in [3.8, 4) is 17.0 Å². The molecule has 0 unspecified atom stereocenters. The fourth-order valence-electron chi connectivity index (χ4n) is 2.48. The van der Waals surface area contributed by atoms with Gasteiger partial charge in [-0.3, -0.25) is 15.2 Å². The SMILES string of the molecule is CCCc1cc(-c2[nH]ncc2[N+](=O)[O-])c(OC)cc1CC. The van der Waals surface area contributed by atoms with E-state index in [0.717, 1.165) is 19.3 Å². The molecule has 0 saturated heterocycles. The lowest BCUT2D eigenvalue weighted by atomic mass is 9.96. The van der Waals surface area contributed by atoms with E-state index < -0.39 is 4.92 Å². The number of rotatable bonds is 6. The maximum Gasteiger partial charge on any atom is 0.314 e. The summed E-state index contributed by atoms with van der Waals surface area (Å²) in [5.41, 5.74) is 3.43. The van der Waals surface area contributed by atoms with Crippen molar-refractivity contribution in [3.63, 3.8) is 0 Å². The van der Waals surface area contributed by atoms with Crippen LogP contribution in [0.25, 0.3) is 11.3 Å². The summed E-state index contributed by atoms with van der Waals surface area (Å²) in [5, 5.41) is 17.6. The normalized spacial score (nSPS) is 10.6. The molecule has 0 atom stereocenters. The highest BCUT2D eigenvalue weighted by Crippen LogP contribution is 2.36. The smallest absolute Gasteiger partial charge is 0.314 e. The van der Waals surface area contributed by atoms with Crippen LogP contribution in [0, 0.1) is 10.1 Å². The van der Waals surface area contributed by atoms with Crippen molar-refractivity contribution in [1.82, 2.24) is 10.2 Å². The topological polar surface area (TPSA) is 81.0 Å². The number of nitrogens with one attached hydrogen (secondary N) is 1. The van der Waals surface area contributed by atoms with Crippen molar-refractivity contribution in [2.24, 2.45) is 0 Å². The average Bonchev–Trinajstić information content (AvgIpc) is 2.96. The van der Waals surface area contributed by atoms with Crippen LogP contribution < -0.4 is 4.74 Å². The number of aryl methyl sites for hydroxylation is 2. The predicted octanol–water partition coefficient (Wildman–Crippen LogP) is 3.51. The summed E-state index contributed by atoms with van der Waals surface area (Å²) in [5.74, 6) is 0.624. The molecular formula is C15H19N3O3. The standard InChI is InChI=1S/C15H19N3O3/c1-4-6-11-7-12(14(21-3)8-10(11)5-2)15-13(18(19)20)9-16-17-15/h7-9H,4-6H2,1-3H3,(H,16,17). The second-order valence-corrected chi connectivity index (χ2v) is 4.81. The van der Waals surface area contributed by atoms with Gasteiger partial charge in [-0.2, -0.15) is 5.10 Å². The van der Waals surface area contributed by atoms with Crippen LogP contribution in [0.2, 0.25) is 0 Å². The van der Waals surface area contributed by atoms with Gasteiger partial charge in [0.1, 0.15) is 17.6 Å². The molecule has 1 N–H and O–H groups in total. The number of nitrogens with zero attached hydrogens (tertiary/aromatic N) is 2. The van der Waals surface area contributed by atoms with Gasteiger partial charge in [-0.15, -0.1) is 0 Å². The third kappa shape index (κ3) is 2.89. The Morgan fingerprint density at radius 1 is 1.33 bits per heavy atom. The third-order valence-corrected chi connectivity index (χ3v) is 3.51. The minimum Gasteiger partial charge on any atom is -0.496 e. The first-order chi connectivity index (χ1) is 10.1. The molecular weight excluding hydrogens is 270 g/mol. The Morgan fingerprint density at radius 3 is 2.67 bits per heavy atom. The van der Waals surface area contributed by atoms with Crippen LogP contribution in [-0.4, -0.2) is 22.2 Å². The monoisotopic (exact) mass is 289 g/mol. The first-order valence-corrected chi connectivity index (χ1v) is 7.00. The molecule has 2 aromatic rings. The van der Waals surface area contributed by atoms with E-state index in [-0.39, 0.29) is 5.69 Å².